The number of methoxy groups -OCH3 is 1. The van der Waals surface area contributed by atoms with E-state index in [1.807, 2.05) is 5.38 Å². The molecule has 0 aliphatic rings. The van der Waals surface area contributed by atoms with Crippen LogP contribution in [0.1, 0.15) is 17.8 Å². The molecule has 2 aromatic heterocycles. The molecule has 8 heteroatoms. The van der Waals surface area contributed by atoms with Crippen LogP contribution >= 0.6 is 27.3 Å². The average molecular weight is 373 g/mol. The lowest BCUT2D eigenvalue weighted by molar-refractivity contribution is 0.181. The Kier molecular flexibility index (Phi) is 5.89. The second-order valence-corrected chi connectivity index (χ2v) is 6.26. The van der Waals surface area contributed by atoms with E-state index in [9.17, 15) is 4.79 Å². The Bertz CT molecular complexity index is 630. The fourth-order valence-corrected chi connectivity index (χ4v) is 2.90. The van der Waals surface area contributed by atoms with Crippen LogP contribution in [0.5, 0.6) is 0 Å². The van der Waals surface area contributed by atoms with Crippen LogP contribution in [0.25, 0.3) is 0 Å². The van der Waals surface area contributed by atoms with Crippen LogP contribution in [0.15, 0.2) is 27.0 Å². The molecule has 21 heavy (non-hydrogen) atoms. The summed E-state index contributed by atoms with van der Waals surface area (Å²) >= 11 is 4.96. The fraction of sp³-hybridized carbons (Fsp3) is 0.462. The van der Waals surface area contributed by atoms with Crippen molar-refractivity contribution in [3.63, 3.8) is 0 Å². The SMILES string of the molecule is COCCn1ncc(NCC(C)c2nccs2)c(Br)c1=O. The van der Waals surface area contributed by atoms with Crippen LogP contribution in [-0.4, -0.2) is 35.0 Å². The minimum atomic E-state index is -0.168. The van der Waals surface area contributed by atoms with Crippen molar-refractivity contribution in [2.75, 3.05) is 25.6 Å². The van der Waals surface area contributed by atoms with E-state index < -0.39 is 0 Å². The predicted octanol–water partition coefficient (Wildman–Crippen LogP) is 2.32. The quantitative estimate of drug-likeness (QED) is 0.807. The Hall–Kier alpha value is -1.25. The molecule has 0 bridgehead atoms. The van der Waals surface area contributed by atoms with Gasteiger partial charge in [-0.15, -0.1) is 11.3 Å². The van der Waals surface area contributed by atoms with Gasteiger partial charge in [0.2, 0.25) is 0 Å². The standard InChI is InChI=1S/C13H17BrN4O2S/c1-9(12-15-3-6-21-12)7-16-10-8-17-18(4-5-20-2)13(19)11(10)14/h3,6,8-9,16H,4-5,7H2,1-2H3. The summed E-state index contributed by atoms with van der Waals surface area (Å²) in [6.07, 6.45) is 3.45. The Balaban J connectivity index is 2.04. The van der Waals surface area contributed by atoms with Gasteiger partial charge in [-0.1, -0.05) is 6.92 Å². The van der Waals surface area contributed by atoms with Crippen LogP contribution in [0.3, 0.4) is 0 Å². The minimum Gasteiger partial charge on any atom is -0.383 e. The van der Waals surface area contributed by atoms with Crippen molar-refractivity contribution in [3.05, 3.63) is 37.6 Å². The molecule has 0 aliphatic heterocycles. The zero-order chi connectivity index (χ0) is 15.2. The normalized spacial score (nSPS) is 12.3. The van der Waals surface area contributed by atoms with Crippen molar-refractivity contribution in [2.45, 2.75) is 19.4 Å². The van der Waals surface area contributed by atoms with Gasteiger partial charge < -0.3 is 10.1 Å². The van der Waals surface area contributed by atoms with E-state index in [0.717, 1.165) is 5.01 Å². The third-order valence-corrected chi connectivity index (χ3v) is 4.74. The molecule has 1 unspecified atom stereocenters. The van der Waals surface area contributed by atoms with Gasteiger partial charge in [0.05, 0.1) is 30.0 Å². The number of aromatic nitrogens is 3. The first kappa shape index (κ1) is 16.1. The van der Waals surface area contributed by atoms with Crippen LogP contribution in [-0.2, 0) is 11.3 Å². The number of rotatable bonds is 7. The molecule has 0 radical (unpaired) electrons. The van der Waals surface area contributed by atoms with Gasteiger partial charge in [0.25, 0.3) is 5.56 Å². The summed E-state index contributed by atoms with van der Waals surface area (Å²) in [5.41, 5.74) is 0.524. The molecule has 114 valence electrons. The van der Waals surface area contributed by atoms with E-state index in [-0.39, 0.29) is 11.5 Å². The first-order chi connectivity index (χ1) is 10.1. The maximum atomic E-state index is 12.1. The first-order valence-corrected chi connectivity index (χ1v) is 8.18. The average Bonchev–Trinajstić information content (AvgIpc) is 3.02. The van der Waals surface area contributed by atoms with Crippen molar-refractivity contribution in [3.8, 4) is 0 Å². The number of hydrogen-bond acceptors (Lipinski definition) is 6. The smallest absolute Gasteiger partial charge is 0.283 e. The molecule has 2 aromatic rings. The summed E-state index contributed by atoms with van der Waals surface area (Å²) in [6, 6.07) is 0. The molecule has 1 atom stereocenters. The zero-order valence-electron chi connectivity index (χ0n) is 11.9. The fourth-order valence-electron chi connectivity index (χ4n) is 1.75. The zero-order valence-corrected chi connectivity index (χ0v) is 14.3. The Labute approximate surface area is 135 Å². The third kappa shape index (κ3) is 4.12. The van der Waals surface area contributed by atoms with Crippen molar-refractivity contribution in [1.82, 2.24) is 14.8 Å². The van der Waals surface area contributed by atoms with Gasteiger partial charge in [-0.3, -0.25) is 4.79 Å². The van der Waals surface area contributed by atoms with Gasteiger partial charge in [-0.2, -0.15) is 5.10 Å². The highest BCUT2D eigenvalue weighted by Crippen LogP contribution is 2.21. The third-order valence-electron chi connectivity index (χ3n) is 2.96. The summed E-state index contributed by atoms with van der Waals surface area (Å²) in [6.45, 7) is 3.67. The number of hydrogen-bond donors (Lipinski definition) is 1. The lowest BCUT2D eigenvalue weighted by Crippen LogP contribution is -2.26. The summed E-state index contributed by atoms with van der Waals surface area (Å²) < 4.78 is 6.82. The molecule has 2 rings (SSSR count). The number of halogens is 1. The maximum absolute atomic E-state index is 12.1. The summed E-state index contributed by atoms with van der Waals surface area (Å²) in [5, 5.41) is 10.4. The summed E-state index contributed by atoms with van der Waals surface area (Å²) in [4.78, 5) is 16.4. The number of thiazole rings is 1. The van der Waals surface area contributed by atoms with Gasteiger partial charge in [-0.25, -0.2) is 9.67 Å². The molecule has 6 nitrogen and oxygen atoms in total. The monoisotopic (exact) mass is 372 g/mol. The van der Waals surface area contributed by atoms with Crippen LogP contribution < -0.4 is 10.9 Å². The lowest BCUT2D eigenvalue weighted by atomic mass is 10.2. The van der Waals surface area contributed by atoms with Crippen molar-refractivity contribution in [2.24, 2.45) is 0 Å². The number of anilines is 1. The van der Waals surface area contributed by atoms with Crippen molar-refractivity contribution < 1.29 is 4.74 Å². The minimum absolute atomic E-state index is 0.168. The maximum Gasteiger partial charge on any atom is 0.283 e. The van der Waals surface area contributed by atoms with Crippen molar-refractivity contribution in [1.29, 1.82) is 0 Å². The van der Waals surface area contributed by atoms with Crippen LogP contribution in [0.4, 0.5) is 5.69 Å². The molecular weight excluding hydrogens is 356 g/mol. The highest BCUT2D eigenvalue weighted by atomic mass is 79.9. The van der Waals surface area contributed by atoms with Gasteiger partial charge in [0, 0.05) is 31.1 Å². The molecule has 0 spiro atoms. The van der Waals surface area contributed by atoms with Gasteiger partial charge in [0.15, 0.2) is 0 Å². The summed E-state index contributed by atoms with van der Waals surface area (Å²) in [7, 11) is 1.59. The van der Waals surface area contributed by atoms with Gasteiger partial charge in [-0.05, 0) is 15.9 Å². The van der Waals surface area contributed by atoms with E-state index in [4.69, 9.17) is 4.74 Å². The van der Waals surface area contributed by atoms with Crippen LogP contribution in [0, 0.1) is 0 Å². The van der Waals surface area contributed by atoms with E-state index in [2.05, 4.69) is 38.3 Å². The molecule has 0 saturated carbocycles. The number of nitrogens with one attached hydrogen (secondary N) is 1. The van der Waals surface area contributed by atoms with Crippen molar-refractivity contribution >= 4 is 33.0 Å². The van der Waals surface area contributed by atoms with E-state index in [0.29, 0.717) is 29.9 Å². The molecule has 1 N–H and O–H groups in total. The summed E-state index contributed by atoms with van der Waals surface area (Å²) in [5.74, 6) is 0.271. The van der Waals surface area contributed by atoms with E-state index in [1.54, 1.807) is 30.8 Å². The molecule has 0 saturated heterocycles. The number of ether oxygens (including phenoxy) is 1. The van der Waals surface area contributed by atoms with Gasteiger partial charge >= 0.3 is 0 Å². The Morgan fingerprint density at radius 2 is 2.38 bits per heavy atom. The largest absolute Gasteiger partial charge is 0.383 e. The first-order valence-electron chi connectivity index (χ1n) is 6.51. The second-order valence-electron chi connectivity index (χ2n) is 4.55. The second kappa shape index (κ2) is 7.67. The topological polar surface area (TPSA) is 69.0 Å². The molecule has 2 heterocycles. The Morgan fingerprint density at radius 3 is 3.05 bits per heavy atom. The number of nitrogens with zero attached hydrogens (tertiary/aromatic N) is 3. The molecular formula is C13H17BrN4O2S. The van der Waals surface area contributed by atoms with Gasteiger partial charge in [0.1, 0.15) is 4.47 Å². The predicted molar refractivity (Wildman–Crippen MR) is 87.1 cm³/mol. The molecule has 0 amide bonds. The molecule has 0 fully saturated rings. The van der Waals surface area contributed by atoms with E-state index >= 15 is 0 Å². The van der Waals surface area contributed by atoms with E-state index in [1.165, 1.54) is 4.68 Å². The lowest BCUT2D eigenvalue weighted by Gasteiger charge is -2.13. The molecule has 0 aliphatic carbocycles. The highest BCUT2D eigenvalue weighted by molar-refractivity contribution is 9.10. The highest BCUT2D eigenvalue weighted by Gasteiger charge is 2.12. The van der Waals surface area contributed by atoms with Crippen LogP contribution in [0.2, 0.25) is 0 Å². The molecule has 0 aromatic carbocycles. The Morgan fingerprint density at radius 1 is 1.57 bits per heavy atom.